The number of alkyl halides is 1. The summed E-state index contributed by atoms with van der Waals surface area (Å²) in [6.45, 7) is 5.52. The van der Waals surface area contributed by atoms with Gasteiger partial charge in [0.2, 0.25) is 0 Å². The molecule has 0 bridgehead atoms. The average molecular weight is 946 g/mol. The standard InChI is InChI=1S/2C9H10O.C8H8.CH3I.3HI.V/c1-8(7-10)9-5-3-2-4-6-9;10-8-4-7-9-5-2-1-3-6-9;1-2-8-6-4-3-5-7-8;1-2;;;;/h2-8H,1H3;1-3,5-6,8H,4,7H2;2-7H,1H2;1H3;3*1H;/q;;;;;;;+3/p-3. The topological polar surface area (TPSA) is 34.1 Å². The second kappa shape index (κ2) is 27.8. The Morgan fingerprint density at radius 3 is 1.56 bits per heavy atom. The molecule has 0 aliphatic carbocycles. The van der Waals surface area contributed by atoms with Crippen molar-refractivity contribution in [1.82, 2.24) is 0 Å². The number of carbonyl (C=O) groups excluding carboxylic acids is 2. The van der Waals surface area contributed by atoms with E-state index in [1.54, 1.807) is 0 Å². The van der Waals surface area contributed by atoms with E-state index < -0.39 is 0 Å². The van der Waals surface area contributed by atoms with Gasteiger partial charge in [0.15, 0.2) is 0 Å². The first kappa shape index (κ1) is 36.4. The summed E-state index contributed by atoms with van der Waals surface area (Å²) in [7, 11) is 0. The Balaban J connectivity index is 0. The van der Waals surface area contributed by atoms with Crippen LogP contribution in [0.15, 0.2) is 97.6 Å². The van der Waals surface area contributed by atoms with Gasteiger partial charge in [0.1, 0.15) is 12.6 Å². The van der Waals surface area contributed by atoms with Crippen LogP contribution in [0.25, 0.3) is 6.08 Å². The van der Waals surface area contributed by atoms with Crippen LogP contribution < -0.4 is 0 Å². The van der Waals surface area contributed by atoms with E-state index in [0.717, 1.165) is 24.6 Å². The number of rotatable bonds is 6. The minimum atomic E-state index is -0.278. The average Bonchev–Trinajstić information content (AvgIpc) is 2.90. The molecular formula is C27H31I4O2V. The predicted molar refractivity (Wildman–Crippen MR) is 180 cm³/mol. The molecule has 0 radical (unpaired) electrons. The minimum absolute atomic E-state index is 0.0289. The van der Waals surface area contributed by atoms with Gasteiger partial charge in [-0.05, 0) is 28.0 Å². The van der Waals surface area contributed by atoms with Gasteiger partial charge in [0.05, 0.1) is 0 Å². The zero-order valence-electron chi connectivity index (χ0n) is 19.4. The first-order valence-electron chi connectivity index (χ1n) is 10.2. The van der Waals surface area contributed by atoms with E-state index in [0.29, 0.717) is 6.42 Å². The molecule has 0 saturated heterocycles. The first-order valence-corrected chi connectivity index (χ1v) is 25.9. The fourth-order valence-electron chi connectivity index (χ4n) is 2.29. The molecule has 0 aliphatic rings. The van der Waals surface area contributed by atoms with E-state index in [2.05, 4.69) is 89.1 Å². The molecule has 0 aromatic heterocycles. The van der Waals surface area contributed by atoms with Crippen molar-refractivity contribution in [3.05, 3.63) is 114 Å². The fraction of sp³-hybridized carbons (Fsp3) is 0.185. The quantitative estimate of drug-likeness (QED) is 0.140. The summed E-state index contributed by atoms with van der Waals surface area (Å²) in [5, 5.41) is 0. The molecule has 0 aliphatic heterocycles. The number of halogens is 4. The maximum absolute atomic E-state index is 10.3. The molecule has 0 fully saturated rings. The van der Waals surface area contributed by atoms with Gasteiger partial charge in [0.25, 0.3) is 0 Å². The van der Waals surface area contributed by atoms with Gasteiger partial charge in [-0.2, -0.15) is 0 Å². The summed E-state index contributed by atoms with van der Waals surface area (Å²) in [4.78, 5) is 22.0. The van der Waals surface area contributed by atoms with Crippen LogP contribution in [0.3, 0.4) is 0 Å². The Morgan fingerprint density at radius 1 is 0.794 bits per heavy atom. The summed E-state index contributed by atoms with van der Waals surface area (Å²) < 4.78 is 0. The Labute approximate surface area is 257 Å². The molecule has 0 spiro atoms. The van der Waals surface area contributed by atoms with Crippen molar-refractivity contribution in [1.29, 1.82) is 0 Å². The molecule has 3 aromatic rings. The van der Waals surface area contributed by atoms with Crippen LogP contribution in [0.4, 0.5) is 0 Å². The van der Waals surface area contributed by atoms with Crippen molar-refractivity contribution in [3.63, 3.8) is 0 Å². The maximum atomic E-state index is 10.3. The second-order valence-corrected chi connectivity index (χ2v) is 41.7. The van der Waals surface area contributed by atoms with Gasteiger partial charge in [-0.3, -0.25) is 0 Å². The molecular weight excluding hydrogens is 915 g/mol. The molecule has 2 nitrogen and oxygen atoms in total. The number of carbonyl (C=O) groups is 2. The molecule has 3 aromatic carbocycles. The third-order valence-corrected chi connectivity index (χ3v) is 3.96. The molecule has 0 amide bonds. The Hall–Kier alpha value is 0.244. The van der Waals surface area contributed by atoms with Crippen molar-refractivity contribution in [3.8, 4) is 0 Å². The van der Waals surface area contributed by atoms with E-state index in [1.807, 2.05) is 109 Å². The van der Waals surface area contributed by atoms with Crippen LogP contribution in [0.2, 0.25) is 0 Å². The van der Waals surface area contributed by atoms with E-state index in [9.17, 15) is 9.59 Å². The second-order valence-electron chi connectivity index (χ2n) is 6.33. The van der Waals surface area contributed by atoms with Gasteiger partial charge in [-0.1, -0.05) is 133 Å². The SMILES string of the molecule is C=Cc1ccccc1.CC(C=O)c1ccccc1.CI.O=CCCc1ccccc1.[I][V]([I])[I]. The zero-order valence-corrected chi connectivity index (χ0v) is 29.4. The summed E-state index contributed by atoms with van der Waals surface area (Å²) in [5.74, 6) is 0.0289. The Bertz CT molecular complexity index is 846. The number of aryl methyl sites for hydroxylation is 1. The fourth-order valence-corrected chi connectivity index (χ4v) is 2.29. The zero-order chi connectivity index (χ0) is 26.0. The molecule has 0 saturated carbocycles. The Morgan fingerprint density at radius 2 is 1.21 bits per heavy atom. The van der Waals surface area contributed by atoms with Crippen molar-refractivity contribution in [2.45, 2.75) is 25.7 Å². The van der Waals surface area contributed by atoms with E-state index in [4.69, 9.17) is 0 Å². The number of hydrogen-bond acceptors (Lipinski definition) is 2. The van der Waals surface area contributed by atoms with E-state index in [-0.39, 0.29) is 10.8 Å². The molecule has 34 heavy (non-hydrogen) atoms. The van der Waals surface area contributed by atoms with Crippen molar-refractivity contribution < 1.29 is 14.5 Å². The van der Waals surface area contributed by atoms with Gasteiger partial charge in [-0.15, -0.1) is 0 Å². The van der Waals surface area contributed by atoms with Gasteiger partial charge >= 0.3 is 64.9 Å². The van der Waals surface area contributed by atoms with Crippen LogP contribution >= 0.6 is 82.5 Å². The summed E-state index contributed by atoms with van der Waals surface area (Å²) in [6, 6.07) is 29.8. The normalized spacial score (nSPS) is 9.62. The van der Waals surface area contributed by atoms with Crippen molar-refractivity contribution >= 4 is 101 Å². The molecule has 3 rings (SSSR count). The Kier molecular flexibility index (Phi) is 29.8. The third kappa shape index (κ3) is 24.0. The molecule has 1 unspecified atom stereocenters. The van der Waals surface area contributed by atoms with Gasteiger partial charge in [-0.25, -0.2) is 0 Å². The summed E-state index contributed by atoms with van der Waals surface area (Å²) >= 11 is 9.54. The first-order chi connectivity index (χ1) is 16.4. The predicted octanol–water partition coefficient (Wildman–Crippen LogP) is 9.84. The van der Waals surface area contributed by atoms with Crippen LogP contribution in [0.5, 0.6) is 0 Å². The molecule has 0 N–H and O–H groups in total. The third-order valence-electron chi connectivity index (χ3n) is 3.96. The molecule has 1 atom stereocenters. The van der Waals surface area contributed by atoms with Crippen molar-refractivity contribution in [2.24, 2.45) is 0 Å². The van der Waals surface area contributed by atoms with E-state index >= 15 is 0 Å². The molecule has 184 valence electrons. The molecule has 0 heterocycles. The van der Waals surface area contributed by atoms with Crippen LogP contribution in [-0.2, 0) is 20.9 Å². The number of benzene rings is 3. The van der Waals surface area contributed by atoms with Gasteiger partial charge < -0.3 is 9.59 Å². The summed E-state index contributed by atoms with van der Waals surface area (Å²) in [6.07, 6.45) is 5.23. The number of aldehydes is 2. The summed E-state index contributed by atoms with van der Waals surface area (Å²) in [5.41, 5.74) is 3.49. The number of hydrogen-bond donors (Lipinski definition) is 0. The molecule has 7 heteroatoms. The van der Waals surface area contributed by atoms with Crippen LogP contribution in [0.1, 0.15) is 36.0 Å². The van der Waals surface area contributed by atoms with Crippen LogP contribution in [0, 0.1) is 0 Å². The van der Waals surface area contributed by atoms with E-state index in [1.165, 1.54) is 11.1 Å². The van der Waals surface area contributed by atoms with Crippen LogP contribution in [-0.4, -0.2) is 17.5 Å². The van der Waals surface area contributed by atoms with Gasteiger partial charge in [0, 0.05) is 12.3 Å². The monoisotopic (exact) mass is 946 g/mol. The van der Waals surface area contributed by atoms with Crippen molar-refractivity contribution in [2.75, 3.05) is 4.93 Å².